The predicted molar refractivity (Wildman–Crippen MR) is 85.6 cm³/mol. The lowest BCUT2D eigenvalue weighted by molar-refractivity contribution is -0.136. The molecule has 0 saturated heterocycles. The monoisotopic (exact) mass is 336 g/mol. The molecule has 1 aromatic carbocycles. The van der Waals surface area contributed by atoms with Gasteiger partial charge in [0, 0.05) is 6.04 Å². The Morgan fingerprint density at radius 1 is 1.04 bits per heavy atom. The molecular formula is C16H20N2O6. The zero-order valence-corrected chi connectivity index (χ0v) is 14.0. The molecular weight excluding hydrogens is 316 g/mol. The molecule has 0 saturated carbocycles. The van der Waals surface area contributed by atoms with Gasteiger partial charge in [0.1, 0.15) is 0 Å². The van der Waals surface area contributed by atoms with Crippen molar-refractivity contribution in [2.24, 2.45) is 0 Å². The van der Waals surface area contributed by atoms with E-state index in [1.165, 1.54) is 32.4 Å². The summed E-state index contributed by atoms with van der Waals surface area (Å²) in [6, 6.07) is 3.73. The van der Waals surface area contributed by atoms with E-state index in [1.807, 2.05) is 6.92 Å². The number of ether oxygens (including phenoxy) is 2. The number of rotatable bonds is 5. The molecule has 2 N–H and O–H groups in total. The molecule has 8 nitrogen and oxygen atoms in total. The zero-order valence-electron chi connectivity index (χ0n) is 14.0. The lowest BCUT2D eigenvalue weighted by atomic mass is 10.1. The maximum atomic E-state index is 12.0. The van der Waals surface area contributed by atoms with Crippen LogP contribution in [0.1, 0.15) is 41.0 Å². The van der Waals surface area contributed by atoms with Gasteiger partial charge in [-0.3, -0.25) is 9.59 Å². The number of esters is 2. The van der Waals surface area contributed by atoms with E-state index in [4.69, 9.17) is 0 Å². The summed E-state index contributed by atoms with van der Waals surface area (Å²) in [5, 5.41) is 4.82. The van der Waals surface area contributed by atoms with Gasteiger partial charge < -0.3 is 20.1 Å². The minimum absolute atomic E-state index is 0.00911. The third kappa shape index (κ3) is 4.80. The van der Waals surface area contributed by atoms with Gasteiger partial charge in [-0.1, -0.05) is 6.92 Å². The number of carbonyl (C=O) groups excluding carboxylic acids is 4. The normalized spacial score (nSPS) is 11.2. The average Bonchev–Trinajstić information content (AvgIpc) is 2.59. The predicted octanol–water partition coefficient (Wildman–Crippen LogP) is 1.11. The number of anilines is 1. The summed E-state index contributed by atoms with van der Waals surface area (Å²) >= 11 is 0. The third-order valence-corrected chi connectivity index (χ3v) is 3.29. The second-order valence-electron chi connectivity index (χ2n) is 4.98. The van der Waals surface area contributed by atoms with Crippen LogP contribution in [0.2, 0.25) is 0 Å². The minimum atomic E-state index is -0.956. The molecule has 0 aromatic heterocycles. The Morgan fingerprint density at radius 2 is 1.67 bits per heavy atom. The first-order valence-electron chi connectivity index (χ1n) is 7.26. The van der Waals surface area contributed by atoms with Gasteiger partial charge in [0.2, 0.25) is 0 Å². The highest BCUT2D eigenvalue weighted by Gasteiger charge is 2.21. The molecule has 8 heteroatoms. The summed E-state index contributed by atoms with van der Waals surface area (Å²) < 4.78 is 9.21. The van der Waals surface area contributed by atoms with Crippen LogP contribution in [0.3, 0.4) is 0 Å². The summed E-state index contributed by atoms with van der Waals surface area (Å²) in [5.74, 6) is -3.17. The maximum absolute atomic E-state index is 12.0. The smallest absolute Gasteiger partial charge is 0.339 e. The highest BCUT2D eigenvalue weighted by Crippen LogP contribution is 2.19. The summed E-state index contributed by atoms with van der Waals surface area (Å²) in [6.45, 7) is 3.61. The molecule has 0 radical (unpaired) electrons. The van der Waals surface area contributed by atoms with E-state index in [9.17, 15) is 19.2 Å². The topological polar surface area (TPSA) is 111 Å². The van der Waals surface area contributed by atoms with Crippen LogP contribution in [0.4, 0.5) is 5.69 Å². The minimum Gasteiger partial charge on any atom is -0.465 e. The fourth-order valence-electron chi connectivity index (χ4n) is 1.75. The Labute approximate surface area is 139 Å². The van der Waals surface area contributed by atoms with E-state index in [0.29, 0.717) is 6.42 Å². The second kappa shape index (κ2) is 8.66. The molecule has 0 aliphatic rings. The highest BCUT2D eigenvalue weighted by atomic mass is 16.5. The number of hydrogen-bond donors (Lipinski definition) is 2. The van der Waals surface area contributed by atoms with Crippen LogP contribution in [-0.2, 0) is 19.1 Å². The Hall–Kier alpha value is -2.90. The first kappa shape index (κ1) is 19.1. The summed E-state index contributed by atoms with van der Waals surface area (Å²) in [4.78, 5) is 47.2. The zero-order chi connectivity index (χ0) is 18.3. The summed E-state index contributed by atoms with van der Waals surface area (Å²) in [5.41, 5.74) is 0.103. The molecule has 1 aromatic rings. The van der Waals surface area contributed by atoms with E-state index in [0.717, 1.165) is 0 Å². The molecule has 130 valence electrons. The van der Waals surface area contributed by atoms with E-state index in [-0.39, 0.29) is 22.9 Å². The lowest BCUT2D eigenvalue weighted by Crippen LogP contribution is -2.40. The number of methoxy groups -OCH3 is 2. The van der Waals surface area contributed by atoms with Gasteiger partial charge in [-0.2, -0.15) is 0 Å². The van der Waals surface area contributed by atoms with Crippen molar-refractivity contribution in [1.82, 2.24) is 5.32 Å². The molecule has 1 rings (SSSR count). The maximum Gasteiger partial charge on any atom is 0.339 e. The molecule has 0 fully saturated rings. The van der Waals surface area contributed by atoms with Crippen molar-refractivity contribution in [1.29, 1.82) is 0 Å². The molecule has 24 heavy (non-hydrogen) atoms. The van der Waals surface area contributed by atoms with Crippen molar-refractivity contribution in [2.75, 3.05) is 19.5 Å². The van der Waals surface area contributed by atoms with Gasteiger partial charge in [-0.25, -0.2) is 9.59 Å². The standard InChI is InChI=1S/C16H20N2O6/c1-5-9(2)17-13(19)14(20)18-12-8-10(15(21)23-3)6-7-11(12)16(22)24-4/h6-9H,5H2,1-4H3,(H,17,19)(H,18,20). The number of benzene rings is 1. The van der Waals surface area contributed by atoms with Crippen molar-refractivity contribution in [3.8, 4) is 0 Å². The fraction of sp³-hybridized carbons (Fsp3) is 0.375. The van der Waals surface area contributed by atoms with Crippen molar-refractivity contribution in [3.63, 3.8) is 0 Å². The van der Waals surface area contributed by atoms with Gasteiger partial charge in [0.15, 0.2) is 0 Å². The van der Waals surface area contributed by atoms with Gasteiger partial charge in [0.25, 0.3) is 0 Å². The van der Waals surface area contributed by atoms with Crippen LogP contribution in [0.5, 0.6) is 0 Å². The van der Waals surface area contributed by atoms with Crippen LogP contribution in [0, 0.1) is 0 Å². The molecule has 0 bridgehead atoms. The Morgan fingerprint density at radius 3 is 2.21 bits per heavy atom. The van der Waals surface area contributed by atoms with Gasteiger partial charge in [-0.15, -0.1) is 0 Å². The number of hydrogen-bond acceptors (Lipinski definition) is 6. The molecule has 0 aliphatic carbocycles. The average molecular weight is 336 g/mol. The Kier molecular flexibility index (Phi) is 6.91. The second-order valence-corrected chi connectivity index (χ2v) is 4.98. The summed E-state index contributed by atoms with van der Waals surface area (Å²) in [6.07, 6.45) is 0.657. The van der Waals surface area contributed by atoms with Gasteiger partial charge >= 0.3 is 23.8 Å². The highest BCUT2D eigenvalue weighted by molar-refractivity contribution is 6.40. The Balaban J connectivity index is 3.09. The quantitative estimate of drug-likeness (QED) is 0.615. The largest absolute Gasteiger partial charge is 0.465 e. The molecule has 0 spiro atoms. The number of nitrogens with one attached hydrogen (secondary N) is 2. The third-order valence-electron chi connectivity index (χ3n) is 3.29. The van der Waals surface area contributed by atoms with Gasteiger partial charge in [0.05, 0.1) is 31.0 Å². The van der Waals surface area contributed by atoms with Crippen molar-refractivity contribution < 1.29 is 28.7 Å². The van der Waals surface area contributed by atoms with E-state index >= 15 is 0 Å². The van der Waals surface area contributed by atoms with Crippen molar-refractivity contribution in [2.45, 2.75) is 26.3 Å². The van der Waals surface area contributed by atoms with Crippen molar-refractivity contribution >= 4 is 29.4 Å². The molecule has 2 amide bonds. The van der Waals surface area contributed by atoms with E-state index < -0.39 is 23.8 Å². The van der Waals surface area contributed by atoms with Crippen molar-refractivity contribution in [3.05, 3.63) is 29.3 Å². The summed E-state index contributed by atoms with van der Waals surface area (Å²) in [7, 11) is 2.38. The fourth-order valence-corrected chi connectivity index (χ4v) is 1.75. The van der Waals surface area contributed by atoms with E-state index in [1.54, 1.807) is 6.92 Å². The van der Waals surface area contributed by atoms with Crippen LogP contribution < -0.4 is 10.6 Å². The molecule has 0 heterocycles. The molecule has 1 unspecified atom stereocenters. The van der Waals surface area contributed by atoms with Crippen LogP contribution in [-0.4, -0.2) is 44.0 Å². The Bertz CT molecular complexity index is 656. The number of carbonyl (C=O) groups is 4. The first-order chi connectivity index (χ1) is 11.3. The molecule has 0 aliphatic heterocycles. The van der Waals surface area contributed by atoms with Crippen LogP contribution in [0.25, 0.3) is 0 Å². The SMILES string of the molecule is CCC(C)NC(=O)C(=O)Nc1cc(C(=O)OC)ccc1C(=O)OC. The van der Waals surface area contributed by atoms with Gasteiger partial charge in [-0.05, 0) is 31.5 Å². The van der Waals surface area contributed by atoms with E-state index in [2.05, 4.69) is 20.1 Å². The molecule has 1 atom stereocenters. The lowest BCUT2D eigenvalue weighted by Gasteiger charge is -2.13. The first-order valence-corrected chi connectivity index (χ1v) is 7.26. The number of amides is 2. The van der Waals surface area contributed by atoms with Crippen LogP contribution >= 0.6 is 0 Å². The van der Waals surface area contributed by atoms with Crippen LogP contribution in [0.15, 0.2) is 18.2 Å².